The number of amides is 2. The van der Waals surface area contributed by atoms with Crippen LogP contribution < -0.4 is 10.6 Å². The Morgan fingerprint density at radius 3 is 2.47 bits per heavy atom. The first kappa shape index (κ1) is 21.4. The normalized spacial score (nSPS) is 10.8. The van der Waals surface area contributed by atoms with Gasteiger partial charge in [-0.1, -0.05) is 35.2 Å². The Balaban J connectivity index is 1.41. The number of nitrogens with one attached hydrogen (secondary N) is 2. The number of hydrogen-bond donors (Lipinski definition) is 2. The molecule has 162 valence electrons. The maximum absolute atomic E-state index is 14.0. The van der Waals surface area contributed by atoms with Crippen molar-refractivity contribution in [3.05, 3.63) is 66.2 Å². The van der Waals surface area contributed by atoms with Gasteiger partial charge in [-0.15, -0.1) is 5.10 Å². The third-order valence-corrected chi connectivity index (χ3v) is 5.35. The van der Waals surface area contributed by atoms with Crippen LogP contribution in [0.15, 0.2) is 59.9 Å². The minimum Gasteiger partial charge on any atom is -0.326 e. The molecular formula is C21H18FN7O2S. The Morgan fingerprint density at radius 2 is 1.75 bits per heavy atom. The largest absolute Gasteiger partial charge is 0.326 e. The molecule has 0 fully saturated rings. The van der Waals surface area contributed by atoms with Crippen molar-refractivity contribution in [3.8, 4) is 0 Å². The number of fused-ring (bicyclic) bond motifs is 1. The number of thioether (sulfide) groups is 1. The number of carbonyl (C=O) groups is 2. The Morgan fingerprint density at radius 1 is 1.03 bits per heavy atom. The van der Waals surface area contributed by atoms with Crippen molar-refractivity contribution in [2.24, 2.45) is 0 Å². The van der Waals surface area contributed by atoms with Gasteiger partial charge in [0, 0.05) is 23.9 Å². The fourth-order valence-electron chi connectivity index (χ4n) is 2.94. The van der Waals surface area contributed by atoms with E-state index < -0.39 is 0 Å². The lowest BCUT2D eigenvalue weighted by atomic mass is 10.2. The molecule has 0 unspecified atom stereocenters. The Labute approximate surface area is 186 Å². The first-order valence-corrected chi connectivity index (χ1v) is 10.6. The zero-order valence-electron chi connectivity index (χ0n) is 16.9. The van der Waals surface area contributed by atoms with Crippen molar-refractivity contribution >= 4 is 46.1 Å². The zero-order valence-corrected chi connectivity index (χ0v) is 17.8. The van der Waals surface area contributed by atoms with E-state index in [2.05, 4.69) is 30.9 Å². The number of halogens is 1. The van der Waals surface area contributed by atoms with E-state index in [4.69, 9.17) is 0 Å². The summed E-state index contributed by atoms with van der Waals surface area (Å²) in [5.41, 5.74) is 2.62. The van der Waals surface area contributed by atoms with Gasteiger partial charge in [-0.05, 0) is 30.3 Å². The highest BCUT2D eigenvalue weighted by Crippen LogP contribution is 2.23. The second-order valence-electron chi connectivity index (χ2n) is 6.78. The number of anilines is 2. The summed E-state index contributed by atoms with van der Waals surface area (Å²) < 4.78 is 15.5. The van der Waals surface area contributed by atoms with Gasteiger partial charge in [0.15, 0.2) is 11.2 Å². The first-order chi connectivity index (χ1) is 15.5. The van der Waals surface area contributed by atoms with Crippen LogP contribution in [-0.4, -0.2) is 42.5 Å². The average Bonchev–Trinajstić information content (AvgIpc) is 3.18. The monoisotopic (exact) mass is 451 g/mol. The number of rotatable bonds is 7. The molecule has 0 saturated heterocycles. The highest BCUT2D eigenvalue weighted by molar-refractivity contribution is 8.00. The number of carbonyl (C=O) groups excluding carboxylic acids is 2. The van der Waals surface area contributed by atoms with E-state index in [1.807, 2.05) is 0 Å². The summed E-state index contributed by atoms with van der Waals surface area (Å²) in [6.07, 6.45) is 1.37. The van der Waals surface area contributed by atoms with E-state index in [0.717, 1.165) is 0 Å². The molecule has 2 N–H and O–H groups in total. The van der Waals surface area contributed by atoms with Crippen molar-refractivity contribution < 1.29 is 14.0 Å². The van der Waals surface area contributed by atoms with Gasteiger partial charge in [-0.2, -0.15) is 0 Å². The number of benzene rings is 2. The lowest BCUT2D eigenvalue weighted by Crippen LogP contribution is -2.14. The summed E-state index contributed by atoms with van der Waals surface area (Å²) in [4.78, 5) is 31.8. The molecule has 0 bridgehead atoms. The second-order valence-corrected chi connectivity index (χ2v) is 7.75. The molecule has 2 amide bonds. The van der Waals surface area contributed by atoms with E-state index in [9.17, 15) is 14.0 Å². The van der Waals surface area contributed by atoms with Gasteiger partial charge in [0.05, 0.1) is 12.3 Å². The summed E-state index contributed by atoms with van der Waals surface area (Å²) >= 11 is 1.20. The van der Waals surface area contributed by atoms with Gasteiger partial charge < -0.3 is 10.6 Å². The van der Waals surface area contributed by atoms with Gasteiger partial charge in [-0.3, -0.25) is 9.59 Å². The molecule has 0 saturated carbocycles. The van der Waals surface area contributed by atoms with Gasteiger partial charge in [0.2, 0.25) is 11.8 Å². The Bertz CT molecular complexity index is 1280. The number of hydrogen-bond acceptors (Lipinski definition) is 7. The molecule has 4 aromatic rings. The minimum absolute atomic E-state index is 0.0970. The molecule has 0 spiro atoms. The highest BCUT2D eigenvalue weighted by atomic mass is 32.2. The van der Waals surface area contributed by atoms with Crippen LogP contribution in [0.2, 0.25) is 0 Å². The lowest BCUT2D eigenvalue weighted by molar-refractivity contribution is -0.114. The van der Waals surface area contributed by atoms with Gasteiger partial charge in [0.1, 0.15) is 17.2 Å². The van der Waals surface area contributed by atoms with Crippen LogP contribution in [0, 0.1) is 5.82 Å². The third-order valence-electron chi connectivity index (χ3n) is 4.37. The lowest BCUT2D eigenvalue weighted by Gasteiger charge is -2.07. The maximum atomic E-state index is 14.0. The van der Waals surface area contributed by atoms with Crippen molar-refractivity contribution in [1.82, 2.24) is 25.0 Å². The molecule has 2 aromatic heterocycles. The van der Waals surface area contributed by atoms with Gasteiger partial charge >= 0.3 is 0 Å². The Hall–Kier alpha value is -3.86. The molecule has 9 nitrogen and oxygen atoms in total. The van der Waals surface area contributed by atoms with E-state index in [-0.39, 0.29) is 29.9 Å². The summed E-state index contributed by atoms with van der Waals surface area (Å²) in [5, 5.41) is 14.1. The van der Waals surface area contributed by atoms with Crippen LogP contribution in [0.4, 0.5) is 15.8 Å². The average molecular weight is 451 g/mol. The van der Waals surface area contributed by atoms with Crippen molar-refractivity contribution in [2.75, 3.05) is 16.4 Å². The molecule has 0 aliphatic heterocycles. The van der Waals surface area contributed by atoms with Crippen molar-refractivity contribution in [1.29, 1.82) is 0 Å². The van der Waals surface area contributed by atoms with Crippen molar-refractivity contribution in [3.63, 3.8) is 0 Å². The number of nitrogens with zero attached hydrogens (tertiary/aromatic N) is 5. The second kappa shape index (κ2) is 9.52. The quantitative estimate of drug-likeness (QED) is 0.328. The fourth-order valence-corrected chi connectivity index (χ4v) is 3.67. The summed E-state index contributed by atoms with van der Waals surface area (Å²) in [7, 11) is 0. The van der Waals surface area contributed by atoms with Crippen LogP contribution in [0.25, 0.3) is 11.2 Å². The minimum atomic E-state index is -0.332. The molecule has 0 radical (unpaired) electrons. The molecule has 0 aliphatic rings. The van der Waals surface area contributed by atoms with E-state index >= 15 is 0 Å². The SMILES string of the molecule is CC(=O)Nc1ccc(NC(=O)CSc2ncnc3c2nnn3Cc2ccccc2F)cc1. The van der Waals surface area contributed by atoms with E-state index in [1.165, 1.54) is 35.8 Å². The standard InChI is InChI=1S/C21H18FN7O2S/c1-13(30)25-15-6-8-16(9-7-15)26-18(31)11-32-21-19-20(23-12-24-21)29(28-27-19)10-14-4-2-3-5-17(14)22/h2-9,12H,10-11H2,1H3,(H,25,30)(H,26,31). The van der Waals surface area contributed by atoms with E-state index in [0.29, 0.717) is 33.1 Å². The van der Waals surface area contributed by atoms with Crippen molar-refractivity contribution in [2.45, 2.75) is 18.5 Å². The van der Waals surface area contributed by atoms with Crippen LogP contribution in [0.3, 0.4) is 0 Å². The molecule has 2 aromatic carbocycles. The van der Waals surface area contributed by atoms with Crippen LogP contribution in [0.5, 0.6) is 0 Å². The molecule has 2 heterocycles. The molecular weight excluding hydrogens is 433 g/mol. The predicted molar refractivity (Wildman–Crippen MR) is 119 cm³/mol. The summed E-state index contributed by atoms with van der Waals surface area (Å²) in [5.74, 6) is -0.630. The molecule has 0 aliphatic carbocycles. The molecule has 11 heteroatoms. The highest BCUT2D eigenvalue weighted by Gasteiger charge is 2.15. The molecule has 32 heavy (non-hydrogen) atoms. The third kappa shape index (κ3) is 5.06. The smallest absolute Gasteiger partial charge is 0.234 e. The summed E-state index contributed by atoms with van der Waals surface area (Å²) in [6.45, 7) is 1.61. The zero-order chi connectivity index (χ0) is 22.5. The van der Waals surface area contributed by atoms with Crippen LogP contribution >= 0.6 is 11.8 Å². The van der Waals surface area contributed by atoms with Crippen LogP contribution in [0.1, 0.15) is 12.5 Å². The van der Waals surface area contributed by atoms with Crippen LogP contribution in [-0.2, 0) is 16.1 Å². The molecule has 4 rings (SSSR count). The summed E-state index contributed by atoms with van der Waals surface area (Å²) in [6, 6.07) is 13.2. The predicted octanol–water partition coefficient (Wildman–Crippen LogP) is 3.10. The van der Waals surface area contributed by atoms with Gasteiger partial charge in [0.25, 0.3) is 0 Å². The molecule has 0 atom stereocenters. The van der Waals surface area contributed by atoms with Gasteiger partial charge in [-0.25, -0.2) is 19.0 Å². The van der Waals surface area contributed by atoms with E-state index in [1.54, 1.807) is 42.5 Å². The number of aromatic nitrogens is 5. The first-order valence-electron chi connectivity index (χ1n) is 9.57. The topological polar surface area (TPSA) is 115 Å². The fraction of sp³-hybridized carbons (Fsp3) is 0.143. The maximum Gasteiger partial charge on any atom is 0.234 e. The Kier molecular flexibility index (Phi) is 6.36.